The number of carbonyl (C=O) groups is 1. The Morgan fingerprint density at radius 3 is 2.87 bits per heavy atom. The molecule has 2 atom stereocenters. The SMILES string of the molecule is CCC(C)CC(=O)C(C#N)c1cccs1. The number of nitriles is 1. The van der Waals surface area contributed by atoms with E-state index in [9.17, 15) is 4.79 Å². The largest absolute Gasteiger partial charge is 0.298 e. The van der Waals surface area contributed by atoms with Gasteiger partial charge in [0.1, 0.15) is 5.92 Å². The first-order chi connectivity index (χ1) is 7.19. The molecule has 2 nitrogen and oxygen atoms in total. The highest BCUT2D eigenvalue weighted by Gasteiger charge is 2.22. The summed E-state index contributed by atoms with van der Waals surface area (Å²) in [5.41, 5.74) is 0. The highest BCUT2D eigenvalue weighted by Crippen LogP contribution is 2.24. The van der Waals surface area contributed by atoms with Gasteiger partial charge < -0.3 is 0 Å². The van der Waals surface area contributed by atoms with E-state index >= 15 is 0 Å². The van der Waals surface area contributed by atoms with E-state index in [1.807, 2.05) is 24.4 Å². The minimum Gasteiger partial charge on any atom is -0.298 e. The zero-order valence-electron chi connectivity index (χ0n) is 9.06. The van der Waals surface area contributed by atoms with Crippen LogP contribution in [0.25, 0.3) is 0 Å². The van der Waals surface area contributed by atoms with Crippen LogP contribution in [0.15, 0.2) is 17.5 Å². The van der Waals surface area contributed by atoms with Crippen LogP contribution < -0.4 is 0 Å². The van der Waals surface area contributed by atoms with Crippen molar-refractivity contribution in [1.29, 1.82) is 5.26 Å². The van der Waals surface area contributed by atoms with E-state index in [0.717, 1.165) is 11.3 Å². The molecule has 80 valence electrons. The lowest BCUT2D eigenvalue weighted by molar-refractivity contribution is -0.120. The molecule has 0 aliphatic rings. The van der Waals surface area contributed by atoms with Gasteiger partial charge in [0.2, 0.25) is 0 Å². The van der Waals surface area contributed by atoms with Crippen molar-refractivity contribution in [2.45, 2.75) is 32.6 Å². The minimum absolute atomic E-state index is 0.0503. The Kier molecular flexibility index (Phi) is 4.51. The molecule has 1 aromatic rings. The van der Waals surface area contributed by atoms with E-state index in [-0.39, 0.29) is 5.78 Å². The molecular weight excluding hydrogens is 206 g/mol. The Bertz CT molecular complexity index is 350. The zero-order valence-corrected chi connectivity index (χ0v) is 9.88. The van der Waals surface area contributed by atoms with Crippen LogP contribution in [0.4, 0.5) is 0 Å². The third kappa shape index (κ3) is 3.17. The second kappa shape index (κ2) is 5.67. The molecule has 0 N–H and O–H groups in total. The smallest absolute Gasteiger partial charge is 0.155 e. The van der Waals surface area contributed by atoms with Gasteiger partial charge >= 0.3 is 0 Å². The average Bonchev–Trinajstić information content (AvgIpc) is 2.72. The summed E-state index contributed by atoms with van der Waals surface area (Å²) in [6.45, 7) is 4.10. The molecule has 3 heteroatoms. The maximum atomic E-state index is 11.8. The molecule has 0 aliphatic carbocycles. The topological polar surface area (TPSA) is 40.9 Å². The minimum atomic E-state index is -0.556. The third-order valence-corrected chi connectivity index (χ3v) is 3.46. The third-order valence-electron chi connectivity index (χ3n) is 2.53. The molecular formula is C12H15NOS. The van der Waals surface area contributed by atoms with Crippen LogP contribution in [0.3, 0.4) is 0 Å². The van der Waals surface area contributed by atoms with E-state index in [0.29, 0.717) is 12.3 Å². The number of rotatable bonds is 5. The number of Topliss-reactive ketones (excluding diaryl/α,β-unsaturated/α-hetero) is 1. The number of carbonyl (C=O) groups excluding carboxylic acids is 1. The molecule has 0 spiro atoms. The lowest BCUT2D eigenvalue weighted by Crippen LogP contribution is -2.12. The maximum Gasteiger partial charge on any atom is 0.155 e. The molecule has 0 aromatic carbocycles. The van der Waals surface area contributed by atoms with Crippen molar-refractivity contribution in [1.82, 2.24) is 0 Å². The van der Waals surface area contributed by atoms with E-state index in [2.05, 4.69) is 13.0 Å². The molecule has 1 aromatic heterocycles. The summed E-state index contributed by atoms with van der Waals surface area (Å²) >= 11 is 1.48. The first kappa shape index (κ1) is 11.9. The van der Waals surface area contributed by atoms with Crippen LogP contribution in [0.5, 0.6) is 0 Å². The lowest BCUT2D eigenvalue weighted by Gasteiger charge is -2.09. The van der Waals surface area contributed by atoms with Crippen LogP contribution in [-0.2, 0) is 4.79 Å². The predicted octanol–water partition coefficient (Wildman–Crippen LogP) is 3.36. The number of nitrogens with zero attached hydrogens (tertiary/aromatic N) is 1. The van der Waals surface area contributed by atoms with Crippen LogP contribution in [-0.4, -0.2) is 5.78 Å². The van der Waals surface area contributed by atoms with Gasteiger partial charge in [0.15, 0.2) is 5.78 Å². The molecule has 0 amide bonds. The second-order valence-corrected chi connectivity index (χ2v) is 4.74. The van der Waals surface area contributed by atoms with Crippen molar-refractivity contribution < 1.29 is 4.79 Å². The highest BCUT2D eigenvalue weighted by molar-refractivity contribution is 7.10. The zero-order chi connectivity index (χ0) is 11.3. The van der Waals surface area contributed by atoms with Crippen LogP contribution in [0, 0.1) is 17.2 Å². The van der Waals surface area contributed by atoms with E-state index in [1.54, 1.807) is 0 Å². The quantitative estimate of drug-likeness (QED) is 0.765. The van der Waals surface area contributed by atoms with Gasteiger partial charge in [-0.15, -0.1) is 11.3 Å². The summed E-state index contributed by atoms with van der Waals surface area (Å²) in [7, 11) is 0. The molecule has 15 heavy (non-hydrogen) atoms. The first-order valence-corrected chi connectivity index (χ1v) is 6.02. The normalized spacial score (nSPS) is 14.2. The van der Waals surface area contributed by atoms with E-state index in [4.69, 9.17) is 5.26 Å². The summed E-state index contributed by atoms with van der Waals surface area (Å²) in [6.07, 6.45) is 1.49. The van der Waals surface area contributed by atoms with E-state index < -0.39 is 5.92 Å². The second-order valence-electron chi connectivity index (χ2n) is 3.76. The van der Waals surface area contributed by atoms with Crippen LogP contribution in [0.2, 0.25) is 0 Å². The monoisotopic (exact) mass is 221 g/mol. The fourth-order valence-electron chi connectivity index (χ4n) is 1.36. The molecule has 1 heterocycles. The van der Waals surface area contributed by atoms with Crippen molar-refractivity contribution >= 4 is 17.1 Å². The number of hydrogen-bond donors (Lipinski definition) is 0. The Morgan fingerprint density at radius 2 is 2.40 bits per heavy atom. The van der Waals surface area contributed by atoms with Crippen LogP contribution >= 0.6 is 11.3 Å². The number of thiophene rings is 1. The van der Waals surface area contributed by atoms with Crippen molar-refractivity contribution in [2.75, 3.05) is 0 Å². The standard InChI is InChI=1S/C12H15NOS/c1-3-9(2)7-11(14)10(8-13)12-5-4-6-15-12/h4-6,9-10H,3,7H2,1-2H3. The van der Waals surface area contributed by atoms with Crippen molar-refractivity contribution in [3.63, 3.8) is 0 Å². The molecule has 2 unspecified atom stereocenters. The van der Waals surface area contributed by atoms with Gasteiger partial charge in [-0.3, -0.25) is 4.79 Å². The Balaban J connectivity index is 2.69. The molecule has 0 aliphatic heterocycles. The maximum absolute atomic E-state index is 11.8. The predicted molar refractivity (Wildman–Crippen MR) is 61.8 cm³/mol. The molecule has 0 saturated carbocycles. The van der Waals surface area contributed by atoms with Gasteiger partial charge in [0.25, 0.3) is 0 Å². The van der Waals surface area contributed by atoms with Crippen molar-refractivity contribution in [3.8, 4) is 6.07 Å². The van der Waals surface area contributed by atoms with Crippen molar-refractivity contribution in [3.05, 3.63) is 22.4 Å². The van der Waals surface area contributed by atoms with E-state index in [1.165, 1.54) is 11.3 Å². The average molecular weight is 221 g/mol. The Morgan fingerprint density at radius 1 is 1.67 bits per heavy atom. The van der Waals surface area contributed by atoms with Gasteiger partial charge in [-0.1, -0.05) is 26.3 Å². The lowest BCUT2D eigenvalue weighted by atomic mass is 9.94. The Hall–Kier alpha value is -1.14. The molecule has 0 bridgehead atoms. The molecule has 0 fully saturated rings. The number of hydrogen-bond acceptors (Lipinski definition) is 3. The van der Waals surface area contributed by atoms with Crippen LogP contribution in [0.1, 0.15) is 37.5 Å². The summed E-state index contributed by atoms with van der Waals surface area (Å²) in [5.74, 6) is -0.137. The van der Waals surface area contributed by atoms with Gasteiger partial charge in [-0.25, -0.2) is 0 Å². The fraction of sp³-hybridized carbons (Fsp3) is 0.500. The summed E-state index contributed by atoms with van der Waals surface area (Å²) in [6, 6.07) is 5.82. The van der Waals surface area contributed by atoms with Gasteiger partial charge in [0.05, 0.1) is 6.07 Å². The summed E-state index contributed by atoms with van der Waals surface area (Å²) in [5, 5.41) is 10.9. The first-order valence-electron chi connectivity index (χ1n) is 5.14. The van der Waals surface area contributed by atoms with Crippen molar-refractivity contribution in [2.24, 2.45) is 5.92 Å². The molecule has 0 radical (unpaired) electrons. The fourth-order valence-corrected chi connectivity index (χ4v) is 2.15. The summed E-state index contributed by atoms with van der Waals surface area (Å²) < 4.78 is 0. The van der Waals surface area contributed by atoms with Gasteiger partial charge in [0, 0.05) is 11.3 Å². The summed E-state index contributed by atoms with van der Waals surface area (Å²) in [4.78, 5) is 12.7. The Labute approximate surface area is 94.5 Å². The highest BCUT2D eigenvalue weighted by atomic mass is 32.1. The number of ketones is 1. The molecule has 0 saturated heterocycles. The molecule has 1 rings (SSSR count). The van der Waals surface area contributed by atoms with Gasteiger partial charge in [-0.2, -0.15) is 5.26 Å². The van der Waals surface area contributed by atoms with Gasteiger partial charge in [-0.05, 0) is 17.4 Å².